The second-order valence-electron chi connectivity index (χ2n) is 11.6. The van der Waals surface area contributed by atoms with Crippen LogP contribution in [0.5, 0.6) is 0 Å². The number of imidazole rings is 2. The summed E-state index contributed by atoms with van der Waals surface area (Å²) in [7, 11) is 1.24. The minimum atomic E-state index is -0.672. The van der Waals surface area contributed by atoms with Crippen LogP contribution in [0.4, 0.5) is 9.18 Å². The van der Waals surface area contributed by atoms with E-state index in [9.17, 15) is 9.59 Å². The Labute approximate surface area is 272 Å². The number of H-pyrrole nitrogens is 2. The van der Waals surface area contributed by atoms with E-state index < -0.39 is 6.09 Å². The third kappa shape index (κ3) is 7.25. The van der Waals surface area contributed by atoms with Crippen molar-refractivity contribution in [2.45, 2.75) is 38.8 Å². The summed E-state index contributed by atoms with van der Waals surface area (Å²) in [6.45, 7) is 3.48. The Morgan fingerprint density at radius 1 is 0.957 bits per heavy atom. The van der Waals surface area contributed by atoms with Crippen LogP contribution in [0.15, 0.2) is 79.1 Å². The average molecular weight is 636 g/mol. The third-order valence-electron chi connectivity index (χ3n) is 8.34. The van der Waals surface area contributed by atoms with E-state index >= 15 is 4.39 Å². The van der Waals surface area contributed by atoms with E-state index in [-0.39, 0.29) is 30.9 Å². The molecule has 1 aliphatic rings. The first-order valence-electron chi connectivity index (χ1n) is 15.9. The van der Waals surface area contributed by atoms with Crippen LogP contribution < -0.4 is 10.6 Å². The number of amides is 2. The van der Waals surface area contributed by atoms with E-state index in [1.807, 2.05) is 73.8 Å². The highest BCUT2D eigenvalue weighted by Crippen LogP contribution is 2.38. The number of aromatic nitrogens is 4. The maximum atomic E-state index is 16.2. The maximum absolute atomic E-state index is 16.2. The Hall–Kier alpha value is -5.29. The molecule has 4 N–H and O–H groups in total. The van der Waals surface area contributed by atoms with Crippen LogP contribution in [0.1, 0.15) is 43.9 Å². The molecule has 1 atom stereocenters. The fraction of sp³-hybridized carbons (Fsp3) is 0.278. The highest BCUT2D eigenvalue weighted by Gasteiger charge is 2.21. The predicted octanol–water partition coefficient (Wildman–Crippen LogP) is 6.46. The van der Waals surface area contributed by atoms with Gasteiger partial charge in [-0.15, -0.1) is 0 Å². The number of benzene rings is 3. The number of alkyl carbamates (subject to hydrolysis) is 1. The molecule has 2 amide bonds. The van der Waals surface area contributed by atoms with Gasteiger partial charge in [0.05, 0.1) is 43.5 Å². The molecule has 1 saturated heterocycles. The van der Waals surface area contributed by atoms with Crippen molar-refractivity contribution in [3.05, 3.63) is 96.6 Å². The van der Waals surface area contributed by atoms with Crippen LogP contribution in [0.25, 0.3) is 44.8 Å². The van der Waals surface area contributed by atoms with Gasteiger partial charge in [-0.05, 0) is 60.2 Å². The van der Waals surface area contributed by atoms with Gasteiger partial charge < -0.3 is 30.2 Å². The van der Waals surface area contributed by atoms with Gasteiger partial charge in [0.15, 0.2) is 0 Å². The number of hydrogen-bond acceptors (Lipinski definition) is 6. The number of rotatable bonds is 11. The second kappa shape index (κ2) is 14.4. The monoisotopic (exact) mass is 635 g/mol. The molecule has 0 spiro atoms. The molecular formula is C36H38FN7O3. The Morgan fingerprint density at radius 2 is 1.70 bits per heavy atom. The predicted molar refractivity (Wildman–Crippen MR) is 179 cm³/mol. The first kappa shape index (κ1) is 31.7. The Kier molecular flexibility index (Phi) is 9.72. The van der Waals surface area contributed by atoms with E-state index in [2.05, 4.69) is 35.3 Å². The van der Waals surface area contributed by atoms with E-state index in [4.69, 9.17) is 0 Å². The molecule has 0 radical (unpaired) electrons. The molecule has 0 bridgehead atoms. The summed E-state index contributed by atoms with van der Waals surface area (Å²) < 4.78 is 20.8. The summed E-state index contributed by atoms with van der Waals surface area (Å²) in [5.74, 6) is 0.864. The van der Waals surface area contributed by atoms with Crippen LogP contribution in [0.2, 0.25) is 0 Å². The summed E-state index contributed by atoms with van der Waals surface area (Å²) in [5.41, 5.74) is 6.05. The molecule has 47 heavy (non-hydrogen) atoms. The first-order valence-corrected chi connectivity index (χ1v) is 15.9. The van der Waals surface area contributed by atoms with Crippen molar-refractivity contribution in [3.63, 3.8) is 0 Å². The van der Waals surface area contributed by atoms with E-state index in [0.717, 1.165) is 59.6 Å². The smallest absolute Gasteiger partial charge is 0.407 e. The van der Waals surface area contributed by atoms with E-state index in [0.29, 0.717) is 29.2 Å². The van der Waals surface area contributed by atoms with Gasteiger partial charge in [0.1, 0.15) is 24.0 Å². The average Bonchev–Trinajstić information content (AvgIpc) is 3.90. The number of aromatic amines is 2. The number of carbonyl (C=O) groups excluding carboxylic acids is 2. The topological polar surface area (TPSA) is 128 Å². The molecule has 0 saturated carbocycles. The van der Waals surface area contributed by atoms with Gasteiger partial charge in [0.2, 0.25) is 5.91 Å². The zero-order valence-electron chi connectivity index (χ0n) is 26.5. The van der Waals surface area contributed by atoms with Crippen LogP contribution in [-0.4, -0.2) is 63.6 Å². The number of halogens is 1. The third-order valence-corrected chi connectivity index (χ3v) is 8.34. The van der Waals surface area contributed by atoms with Crippen molar-refractivity contribution < 1.29 is 18.7 Å². The first-order chi connectivity index (χ1) is 22.9. The number of carbonyl (C=O) groups is 2. The zero-order chi connectivity index (χ0) is 32.8. The number of ether oxygens (including phenoxy) is 1. The maximum Gasteiger partial charge on any atom is 0.407 e. The second-order valence-corrected chi connectivity index (χ2v) is 11.6. The molecule has 1 aliphatic heterocycles. The summed E-state index contributed by atoms with van der Waals surface area (Å²) in [6, 6.07) is 21.3. The van der Waals surface area contributed by atoms with Crippen molar-refractivity contribution >= 4 is 12.0 Å². The molecule has 5 aromatic rings. The van der Waals surface area contributed by atoms with Gasteiger partial charge in [0.25, 0.3) is 0 Å². The van der Waals surface area contributed by atoms with Crippen molar-refractivity contribution in [1.82, 2.24) is 35.5 Å². The summed E-state index contributed by atoms with van der Waals surface area (Å²) in [4.78, 5) is 41.6. The fourth-order valence-electron chi connectivity index (χ4n) is 5.96. The molecule has 3 heterocycles. The zero-order valence-corrected chi connectivity index (χ0v) is 26.5. The standard InChI is InChI=1S/C36H38FN7O3/c1-3-16-44(33(45)21-41-36(46)47-2)22-32-39-19-31(42-32)26-17-27(23-8-5-4-6-9-23)34(28(37)18-26)25-13-11-24(12-14-25)30-20-40-35(43-30)29-10-7-15-38-29/h4-6,8-9,11-14,17-20,29,38H,3,7,10,15-16,21-22H2,1-2H3,(H,39,42)(H,40,43)(H,41,46). The van der Waals surface area contributed by atoms with Gasteiger partial charge in [-0.2, -0.15) is 0 Å². The Morgan fingerprint density at radius 3 is 2.43 bits per heavy atom. The van der Waals surface area contributed by atoms with Crippen molar-refractivity contribution in [2.75, 3.05) is 26.7 Å². The normalized spacial score (nSPS) is 14.2. The largest absolute Gasteiger partial charge is 0.453 e. The lowest BCUT2D eigenvalue weighted by Gasteiger charge is -2.21. The molecular weight excluding hydrogens is 597 g/mol. The van der Waals surface area contributed by atoms with Crippen LogP contribution in [0.3, 0.4) is 0 Å². The number of nitrogens with zero attached hydrogens (tertiary/aromatic N) is 3. The molecule has 10 nitrogen and oxygen atoms in total. The van der Waals surface area contributed by atoms with Crippen LogP contribution in [0, 0.1) is 5.82 Å². The molecule has 6 rings (SSSR count). The number of nitrogens with one attached hydrogen (secondary N) is 4. The van der Waals surface area contributed by atoms with Gasteiger partial charge >= 0.3 is 6.09 Å². The van der Waals surface area contributed by atoms with Gasteiger partial charge in [-0.3, -0.25) is 4.79 Å². The Bertz CT molecular complexity index is 1830. The fourth-order valence-corrected chi connectivity index (χ4v) is 5.96. The minimum Gasteiger partial charge on any atom is -0.453 e. The number of methoxy groups -OCH3 is 1. The SMILES string of the molecule is CCCN(Cc1ncc(-c2cc(F)c(-c3ccc(-c4cnc(C5CCCN5)[nH]4)cc3)c(-c3ccccc3)c2)[nH]1)C(=O)CNC(=O)OC. The van der Waals surface area contributed by atoms with Crippen LogP contribution >= 0.6 is 0 Å². The molecule has 1 fully saturated rings. The quantitative estimate of drug-likeness (QED) is 0.132. The molecule has 1 unspecified atom stereocenters. The summed E-state index contributed by atoms with van der Waals surface area (Å²) >= 11 is 0. The van der Waals surface area contributed by atoms with E-state index in [1.165, 1.54) is 13.2 Å². The molecule has 0 aliphatic carbocycles. The van der Waals surface area contributed by atoms with Crippen LogP contribution in [-0.2, 0) is 16.1 Å². The molecule has 242 valence electrons. The van der Waals surface area contributed by atoms with Crippen molar-refractivity contribution in [3.8, 4) is 44.8 Å². The van der Waals surface area contributed by atoms with Crippen molar-refractivity contribution in [2.24, 2.45) is 0 Å². The van der Waals surface area contributed by atoms with Crippen molar-refractivity contribution in [1.29, 1.82) is 0 Å². The number of hydrogen-bond donors (Lipinski definition) is 4. The lowest BCUT2D eigenvalue weighted by atomic mass is 9.91. The highest BCUT2D eigenvalue weighted by molar-refractivity contribution is 5.88. The minimum absolute atomic E-state index is 0.185. The lowest BCUT2D eigenvalue weighted by molar-refractivity contribution is -0.130. The summed E-state index contributed by atoms with van der Waals surface area (Å²) in [5, 5.41) is 5.89. The molecule has 11 heteroatoms. The summed E-state index contributed by atoms with van der Waals surface area (Å²) in [6.07, 6.45) is 5.76. The highest BCUT2D eigenvalue weighted by atomic mass is 19.1. The van der Waals surface area contributed by atoms with Gasteiger partial charge in [0, 0.05) is 17.7 Å². The lowest BCUT2D eigenvalue weighted by Crippen LogP contribution is -2.40. The van der Waals surface area contributed by atoms with Gasteiger partial charge in [-0.25, -0.2) is 19.2 Å². The van der Waals surface area contributed by atoms with E-state index in [1.54, 1.807) is 11.1 Å². The Balaban J connectivity index is 1.27. The van der Waals surface area contributed by atoms with Gasteiger partial charge in [-0.1, -0.05) is 61.5 Å². The molecule has 2 aromatic heterocycles. The molecule has 3 aromatic carbocycles.